The van der Waals surface area contributed by atoms with Crippen molar-refractivity contribution in [3.05, 3.63) is 34.9 Å². The number of aromatic nitrogens is 2. The molecule has 3 heterocycles. The Hall–Kier alpha value is -2.19. The fourth-order valence-electron chi connectivity index (χ4n) is 4.51. The van der Waals surface area contributed by atoms with Crippen LogP contribution in [-0.2, 0) is 19.2 Å². The number of rotatable bonds is 6. The summed E-state index contributed by atoms with van der Waals surface area (Å²) in [5.74, 6) is 4.56. The highest BCUT2D eigenvalue weighted by Crippen LogP contribution is 2.33. The van der Waals surface area contributed by atoms with Crippen LogP contribution in [0.5, 0.6) is 0 Å². The SMILES string of the molecule is C=S(=O)(C1=CC=C(c2ccc(N3CCCCC3)nn2)C1)N1CCCC(C(=O)OCC)C1. The third kappa shape index (κ3) is 4.85. The Labute approximate surface area is 185 Å². The number of carbonyl (C=O) groups is 1. The van der Waals surface area contributed by atoms with Gasteiger partial charge in [0.05, 0.1) is 27.9 Å². The van der Waals surface area contributed by atoms with Crippen molar-refractivity contribution in [2.24, 2.45) is 5.92 Å². The molecule has 1 aromatic heterocycles. The standard InChI is InChI=1S/C23H32N4O3S/c1-3-30-23(28)19-8-7-15-27(17-19)31(2,29)20-10-9-18(16-20)21-11-12-22(25-24-21)26-13-5-4-6-14-26/h9-12,19H,2-8,13-17H2,1H3. The number of hydrogen-bond acceptors (Lipinski definition) is 6. The van der Waals surface area contributed by atoms with Crippen LogP contribution < -0.4 is 4.90 Å². The van der Waals surface area contributed by atoms with Crippen molar-refractivity contribution in [2.45, 2.75) is 45.4 Å². The van der Waals surface area contributed by atoms with Crippen molar-refractivity contribution in [3.63, 3.8) is 0 Å². The molecule has 2 unspecified atom stereocenters. The van der Waals surface area contributed by atoms with Gasteiger partial charge in [-0.15, -0.1) is 10.2 Å². The fraction of sp³-hybridized carbons (Fsp3) is 0.565. The number of anilines is 1. The van der Waals surface area contributed by atoms with E-state index in [9.17, 15) is 9.00 Å². The summed E-state index contributed by atoms with van der Waals surface area (Å²) in [5.41, 5.74) is 1.81. The summed E-state index contributed by atoms with van der Waals surface area (Å²) >= 11 is 0. The molecule has 2 atom stereocenters. The number of esters is 1. The normalized spacial score (nSPS) is 24.3. The lowest BCUT2D eigenvalue weighted by Gasteiger charge is -2.34. The zero-order valence-corrected chi connectivity index (χ0v) is 19.1. The van der Waals surface area contributed by atoms with Gasteiger partial charge in [-0.2, -0.15) is 0 Å². The lowest BCUT2D eigenvalue weighted by Crippen LogP contribution is -2.43. The van der Waals surface area contributed by atoms with Gasteiger partial charge in [0.15, 0.2) is 5.82 Å². The van der Waals surface area contributed by atoms with E-state index in [2.05, 4.69) is 21.0 Å². The maximum Gasteiger partial charge on any atom is 0.310 e. The van der Waals surface area contributed by atoms with Crippen molar-refractivity contribution < 1.29 is 13.7 Å². The molecule has 2 aliphatic heterocycles. The minimum atomic E-state index is -2.63. The van der Waals surface area contributed by atoms with Crippen LogP contribution in [0.4, 0.5) is 5.82 Å². The fourth-order valence-corrected chi connectivity index (χ4v) is 6.35. The first-order valence-electron chi connectivity index (χ1n) is 11.3. The first-order valence-corrected chi connectivity index (χ1v) is 12.9. The maximum absolute atomic E-state index is 13.6. The van der Waals surface area contributed by atoms with Gasteiger partial charge in [-0.1, -0.05) is 6.08 Å². The quantitative estimate of drug-likeness (QED) is 0.496. The van der Waals surface area contributed by atoms with Crippen LogP contribution in [0.15, 0.2) is 29.2 Å². The lowest BCUT2D eigenvalue weighted by molar-refractivity contribution is -0.149. The predicted octanol–water partition coefficient (Wildman–Crippen LogP) is 3.04. The predicted molar refractivity (Wildman–Crippen MR) is 125 cm³/mol. The molecule has 0 saturated carbocycles. The summed E-state index contributed by atoms with van der Waals surface area (Å²) in [6.45, 7) is 5.35. The molecule has 0 aromatic carbocycles. The highest BCUT2D eigenvalue weighted by atomic mass is 32.2. The Morgan fingerprint density at radius 3 is 2.68 bits per heavy atom. The molecule has 2 fully saturated rings. The summed E-state index contributed by atoms with van der Waals surface area (Å²) in [5, 5.41) is 8.87. The van der Waals surface area contributed by atoms with Crippen molar-refractivity contribution in [2.75, 3.05) is 37.7 Å². The van der Waals surface area contributed by atoms with E-state index in [1.54, 1.807) is 0 Å². The van der Waals surface area contributed by atoms with Crippen LogP contribution in [0.2, 0.25) is 0 Å². The lowest BCUT2D eigenvalue weighted by atomic mass is 10.0. The van der Waals surface area contributed by atoms with Gasteiger partial charge in [0.1, 0.15) is 0 Å². The highest BCUT2D eigenvalue weighted by Gasteiger charge is 2.33. The van der Waals surface area contributed by atoms with Gasteiger partial charge < -0.3 is 9.64 Å². The van der Waals surface area contributed by atoms with Gasteiger partial charge in [0.2, 0.25) is 0 Å². The van der Waals surface area contributed by atoms with Gasteiger partial charge in [-0.3, -0.25) is 4.79 Å². The van der Waals surface area contributed by atoms with Crippen LogP contribution in [0.3, 0.4) is 0 Å². The Morgan fingerprint density at radius 1 is 1.16 bits per heavy atom. The van der Waals surface area contributed by atoms with Crippen LogP contribution in [0, 0.1) is 5.92 Å². The van der Waals surface area contributed by atoms with Gasteiger partial charge in [0, 0.05) is 37.5 Å². The molecule has 0 amide bonds. The van der Waals surface area contributed by atoms with Crippen LogP contribution in [-0.4, -0.2) is 63.3 Å². The zero-order valence-electron chi connectivity index (χ0n) is 18.3. The van der Waals surface area contributed by atoms with Crippen LogP contribution >= 0.6 is 0 Å². The number of allylic oxidation sites excluding steroid dienone is 4. The van der Waals surface area contributed by atoms with Gasteiger partial charge in [-0.25, -0.2) is 8.51 Å². The molecule has 7 nitrogen and oxygen atoms in total. The first-order chi connectivity index (χ1) is 15.0. The Balaban J connectivity index is 1.39. The molecule has 1 aliphatic carbocycles. The monoisotopic (exact) mass is 444 g/mol. The summed E-state index contributed by atoms with van der Waals surface area (Å²) < 4.78 is 20.7. The smallest absolute Gasteiger partial charge is 0.310 e. The number of hydrogen-bond donors (Lipinski definition) is 0. The highest BCUT2D eigenvalue weighted by molar-refractivity contribution is 8.01. The van der Waals surface area contributed by atoms with E-state index in [4.69, 9.17) is 4.74 Å². The average Bonchev–Trinajstić information content (AvgIpc) is 3.31. The summed E-state index contributed by atoms with van der Waals surface area (Å²) in [4.78, 5) is 15.2. The minimum absolute atomic E-state index is 0.203. The molecule has 0 N–H and O–H groups in total. The summed E-state index contributed by atoms with van der Waals surface area (Å²) in [7, 11) is -2.63. The number of ether oxygens (including phenoxy) is 1. The summed E-state index contributed by atoms with van der Waals surface area (Å²) in [6, 6.07) is 4.03. The number of piperidine rings is 2. The second-order valence-electron chi connectivity index (χ2n) is 8.45. The Kier molecular flexibility index (Phi) is 6.77. The third-order valence-electron chi connectivity index (χ3n) is 6.33. The molecular formula is C23H32N4O3S. The molecule has 4 rings (SSSR count). The topological polar surface area (TPSA) is 75.6 Å². The van der Waals surface area contributed by atoms with Gasteiger partial charge in [0.25, 0.3) is 0 Å². The van der Waals surface area contributed by atoms with E-state index >= 15 is 0 Å². The Morgan fingerprint density at radius 2 is 1.97 bits per heavy atom. The molecule has 0 spiro atoms. The van der Waals surface area contributed by atoms with Gasteiger partial charge in [-0.05, 0) is 68.7 Å². The molecule has 2 saturated heterocycles. The molecule has 8 heteroatoms. The van der Waals surface area contributed by atoms with Crippen molar-refractivity contribution >= 4 is 32.9 Å². The van der Waals surface area contributed by atoms with E-state index in [1.165, 1.54) is 19.3 Å². The van der Waals surface area contributed by atoms with Crippen molar-refractivity contribution in [3.8, 4) is 0 Å². The van der Waals surface area contributed by atoms with E-state index in [0.717, 1.165) is 47.9 Å². The average molecular weight is 445 g/mol. The molecule has 1 aromatic rings. The van der Waals surface area contributed by atoms with Crippen LogP contribution in [0.1, 0.15) is 51.1 Å². The molecule has 3 aliphatic rings. The number of carbonyl (C=O) groups excluding carboxylic acids is 1. The molecule has 0 bridgehead atoms. The number of nitrogens with zero attached hydrogens (tertiary/aromatic N) is 4. The second kappa shape index (κ2) is 9.53. The van der Waals surface area contributed by atoms with Gasteiger partial charge >= 0.3 is 5.97 Å². The largest absolute Gasteiger partial charge is 0.466 e. The maximum atomic E-state index is 13.6. The third-order valence-corrected chi connectivity index (χ3v) is 8.59. The molecular weight excluding hydrogens is 412 g/mol. The molecule has 0 radical (unpaired) electrons. The van der Waals surface area contributed by atoms with Crippen molar-refractivity contribution in [1.29, 1.82) is 0 Å². The molecule has 168 valence electrons. The van der Waals surface area contributed by atoms with E-state index < -0.39 is 9.71 Å². The van der Waals surface area contributed by atoms with Crippen molar-refractivity contribution in [1.82, 2.24) is 14.5 Å². The van der Waals surface area contributed by atoms with E-state index in [1.807, 2.05) is 35.5 Å². The van der Waals surface area contributed by atoms with E-state index in [-0.39, 0.29) is 11.9 Å². The molecule has 31 heavy (non-hydrogen) atoms. The summed E-state index contributed by atoms with van der Waals surface area (Å²) in [6.07, 6.45) is 9.68. The van der Waals surface area contributed by atoms with E-state index in [0.29, 0.717) is 26.1 Å². The zero-order chi connectivity index (χ0) is 21.8. The second-order valence-corrected chi connectivity index (χ2v) is 10.8. The first kappa shape index (κ1) is 22.0. The Bertz CT molecular complexity index is 963. The van der Waals surface area contributed by atoms with Crippen LogP contribution in [0.25, 0.3) is 5.57 Å². The minimum Gasteiger partial charge on any atom is -0.466 e.